The molecule has 0 spiro atoms. The first-order valence-corrected chi connectivity index (χ1v) is 15.4. The van der Waals surface area contributed by atoms with Crippen molar-refractivity contribution < 1.29 is 32.6 Å². The number of anilines is 2. The number of carboxylic acid groups (broad SMARTS) is 1. The molecule has 0 amide bonds. The van der Waals surface area contributed by atoms with Crippen LogP contribution in [0.1, 0.15) is 5.56 Å². The number of ether oxygens (including phenoxy) is 2. The van der Waals surface area contributed by atoms with Crippen LogP contribution < -0.4 is 9.80 Å². The topological polar surface area (TPSA) is 91.8 Å². The van der Waals surface area contributed by atoms with E-state index in [9.17, 15) is 9.18 Å². The Labute approximate surface area is 260 Å². The monoisotopic (exact) mass is 613 g/mol. The molecule has 5 heterocycles. The third kappa shape index (κ3) is 6.54. The smallest absolute Gasteiger partial charge is 0.309 e. The molecule has 3 aliphatic heterocycles. The fraction of sp³-hybridized carbons (Fsp3) is 0.343. The Bertz CT molecular complexity index is 1780. The largest absolute Gasteiger partial charge is 0.481 e. The minimum Gasteiger partial charge on any atom is -0.481 e. The van der Waals surface area contributed by atoms with Gasteiger partial charge in [0.1, 0.15) is 22.7 Å². The van der Waals surface area contributed by atoms with Gasteiger partial charge in [0.05, 0.1) is 44.2 Å². The van der Waals surface area contributed by atoms with E-state index in [1.54, 1.807) is 12.3 Å². The van der Waals surface area contributed by atoms with E-state index < -0.39 is 5.97 Å². The van der Waals surface area contributed by atoms with Crippen LogP contribution >= 0.6 is 0 Å². The molecule has 2 aromatic heterocycles. The first-order chi connectivity index (χ1) is 22.0. The molecule has 0 atom stereocenters. The number of carbonyl (C=O) groups is 1. The van der Waals surface area contributed by atoms with Crippen molar-refractivity contribution in [1.82, 2.24) is 4.90 Å². The van der Waals surface area contributed by atoms with Gasteiger partial charge in [0.25, 0.3) is 0 Å². The number of fused-ring (bicyclic) bond motifs is 2. The van der Waals surface area contributed by atoms with Gasteiger partial charge in [0.2, 0.25) is 0 Å². The van der Waals surface area contributed by atoms with Crippen molar-refractivity contribution in [1.29, 1.82) is 0 Å². The Morgan fingerprint density at radius 3 is 2.07 bits per heavy atom. The number of hydrogen-bond acceptors (Lipinski definition) is 8. The summed E-state index contributed by atoms with van der Waals surface area (Å²) in [5, 5.41) is 11.1. The summed E-state index contributed by atoms with van der Waals surface area (Å²) < 4.78 is 36.8. The van der Waals surface area contributed by atoms with Gasteiger partial charge in [0, 0.05) is 68.0 Å². The lowest BCUT2D eigenvalue weighted by Crippen LogP contribution is -2.49. The van der Waals surface area contributed by atoms with Crippen molar-refractivity contribution in [2.45, 2.75) is 6.54 Å². The second-order valence-electron chi connectivity index (χ2n) is 11.7. The van der Waals surface area contributed by atoms with Crippen molar-refractivity contribution in [3.8, 4) is 11.3 Å². The molecule has 5 aromatic rings. The van der Waals surface area contributed by atoms with E-state index in [2.05, 4.69) is 28.0 Å². The summed E-state index contributed by atoms with van der Waals surface area (Å²) in [7, 11) is 0. The number of rotatable bonds is 6. The van der Waals surface area contributed by atoms with Gasteiger partial charge in [-0.3, -0.25) is 9.69 Å². The fourth-order valence-electron chi connectivity index (χ4n) is 6.12. The average Bonchev–Trinajstić information content (AvgIpc) is 3.70. The first kappa shape index (κ1) is 29.3. The number of nitrogens with zero attached hydrogens (tertiary/aromatic N) is 3. The van der Waals surface area contributed by atoms with Gasteiger partial charge in [-0.25, -0.2) is 4.39 Å². The van der Waals surface area contributed by atoms with Crippen LogP contribution in [-0.2, 0) is 20.8 Å². The van der Waals surface area contributed by atoms with E-state index >= 15 is 0 Å². The minimum absolute atomic E-state index is 0.313. The van der Waals surface area contributed by atoms with Crippen LogP contribution in [0.5, 0.6) is 0 Å². The Balaban J connectivity index is 0.000000181. The van der Waals surface area contributed by atoms with Crippen molar-refractivity contribution in [2.75, 3.05) is 75.5 Å². The third-order valence-electron chi connectivity index (χ3n) is 8.70. The van der Waals surface area contributed by atoms with Crippen LogP contribution in [0.25, 0.3) is 33.3 Å². The molecule has 0 bridgehead atoms. The Kier molecular flexibility index (Phi) is 8.43. The number of halogens is 1. The zero-order valence-corrected chi connectivity index (χ0v) is 25.0. The van der Waals surface area contributed by atoms with Crippen molar-refractivity contribution in [3.63, 3.8) is 0 Å². The Morgan fingerprint density at radius 2 is 1.42 bits per heavy atom. The highest BCUT2D eigenvalue weighted by molar-refractivity contribution is 5.86. The molecule has 1 N–H and O–H groups in total. The lowest BCUT2D eigenvalue weighted by molar-refractivity contribution is -0.147. The summed E-state index contributed by atoms with van der Waals surface area (Å²) in [5.74, 6) is -0.917. The van der Waals surface area contributed by atoms with E-state index in [0.717, 1.165) is 80.4 Å². The number of morpholine rings is 2. The number of aliphatic carboxylic acids is 1. The summed E-state index contributed by atoms with van der Waals surface area (Å²) in [6.45, 7) is 8.32. The maximum atomic E-state index is 14.8. The van der Waals surface area contributed by atoms with Crippen LogP contribution in [0.2, 0.25) is 0 Å². The number of furan rings is 2. The fourth-order valence-corrected chi connectivity index (χ4v) is 6.12. The predicted octanol–water partition coefficient (Wildman–Crippen LogP) is 5.86. The lowest BCUT2D eigenvalue weighted by atomic mass is 9.99. The normalized spacial score (nSPS) is 17.7. The van der Waals surface area contributed by atoms with Crippen LogP contribution in [0.15, 0.2) is 81.8 Å². The Hall–Kier alpha value is -4.38. The van der Waals surface area contributed by atoms with Crippen molar-refractivity contribution in [2.24, 2.45) is 5.92 Å². The van der Waals surface area contributed by atoms with Crippen LogP contribution in [-0.4, -0.2) is 81.7 Å². The van der Waals surface area contributed by atoms with E-state index in [0.29, 0.717) is 31.0 Å². The van der Waals surface area contributed by atoms with Crippen molar-refractivity contribution in [3.05, 3.63) is 84.4 Å². The number of hydrogen-bond donors (Lipinski definition) is 1. The molecule has 0 saturated carbocycles. The van der Waals surface area contributed by atoms with Gasteiger partial charge in [-0.15, -0.1) is 0 Å². The Morgan fingerprint density at radius 1 is 0.778 bits per heavy atom. The molecule has 3 saturated heterocycles. The van der Waals surface area contributed by atoms with E-state index in [1.807, 2.05) is 41.3 Å². The van der Waals surface area contributed by atoms with Gasteiger partial charge < -0.3 is 33.2 Å². The standard InChI is InChI=1S/C23H23FN2O4.C12H13NO2/c24-20-9-15(12-25-13-17(14-25)23(27)28)1-3-19(20)22-11-16-10-18(2-4-21(16)30-22)26-5-7-29-8-6-26;1-2-12-10(3-6-15-12)9-11(1)13-4-7-14-8-5-13/h1-4,9-11,17H,5-8,12-14H2,(H,27,28);1-3,6,9H,4-5,7-8H2. The highest BCUT2D eigenvalue weighted by atomic mass is 19.1. The molecule has 0 unspecified atom stereocenters. The zero-order valence-electron chi connectivity index (χ0n) is 25.0. The second kappa shape index (κ2) is 12.9. The molecule has 0 aliphatic carbocycles. The van der Waals surface area contributed by atoms with Gasteiger partial charge >= 0.3 is 5.97 Å². The van der Waals surface area contributed by atoms with Crippen LogP contribution in [0.4, 0.5) is 15.8 Å². The predicted molar refractivity (Wildman–Crippen MR) is 170 cm³/mol. The molecule has 10 heteroatoms. The number of benzene rings is 3. The minimum atomic E-state index is -0.769. The quantitative estimate of drug-likeness (QED) is 0.253. The summed E-state index contributed by atoms with van der Waals surface area (Å²) in [6, 6.07) is 21.3. The molecule has 3 fully saturated rings. The lowest BCUT2D eigenvalue weighted by Gasteiger charge is -2.36. The highest BCUT2D eigenvalue weighted by Gasteiger charge is 2.32. The summed E-state index contributed by atoms with van der Waals surface area (Å²) >= 11 is 0. The third-order valence-corrected chi connectivity index (χ3v) is 8.70. The zero-order chi connectivity index (χ0) is 30.8. The second-order valence-corrected chi connectivity index (χ2v) is 11.7. The molecule has 0 radical (unpaired) electrons. The molecule has 234 valence electrons. The number of likely N-dealkylation sites (tertiary alicyclic amines) is 1. The molecule has 3 aromatic carbocycles. The molecule has 8 rings (SSSR count). The molecular weight excluding hydrogens is 577 g/mol. The van der Waals surface area contributed by atoms with Gasteiger partial charge in [-0.05, 0) is 66.2 Å². The van der Waals surface area contributed by atoms with Gasteiger partial charge in [0.15, 0.2) is 0 Å². The number of carboxylic acids is 1. The maximum absolute atomic E-state index is 14.8. The van der Waals surface area contributed by atoms with Crippen LogP contribution in [0.3, 0.4) is 0 Å². The summed E-state index contributed by atoms with van der Waals surface area (Å²) in [5.41, 5.74) is 5.30. The van der Waals surface area contributed by atoms with Crippen molar-refractivity contribution >= 4 is 39.3 Å². The SMILES string of the molecule is O=C(O)C1CN(Cc2ccc(-c3cc4cc(N5CCOCC5)ccc4o3)c(F)c2)C1.c1cc2cc(N3CCOCC3)ccc2o1. The van der Waals surface area contributed by atoms with Gasteiger partial charge in [-0.2, -0.15) is 0 Å². The maximum Gasteiger partial charge on any atom is 0.309 e. The van der Waals surface area contributed by atoms with E-state index in [4.69, 9.17) is 23.4 Å². The first-order valence-electron chi connectivity index (χ1n) is 15.4. The van der Waals surface area contributed by atoms with E-state index in [1.165, 1.54) is 17.1 Å². The molecule has 3 aliphatic rings. The molecular formula is C35H36FN3O6. The highest BCUT2D eigenvalue weighted by Crippen LogP contribution is 2.33. The molecule has 9 nitrogen and oxygen atoms in total. The van der Waals surface area contributed by atoms with Gasteiger partial charge in [-0.1, -0.05) is 6.07 Å². The van der Waals surface area contributed by atoms with Crippen LogP contribution in [0, 0.1) is 11.7 Å². The summed E-state index contributed by atoms with van der Waals surface area (Å²) in [4.78, 5) is 17.5. The average molecular weight is 614 g/mol. The summed E-state index contributed by atoms with van der Waals surface area (Å²) in [6.07, 6.45) is 1.73. The molecule has 45 heavy (non-hydrogen) atoms. The van der Waals surface area contributed by atoms with E-state index in [-0.39, 0.29) is 11.7 Å².